The fourth-order valence-corrected chi connectivity index (χ4v) is 3.62. The maximum Gasteiger partial charge on any atom is 0.321 e. The minimum atomic E-state index is -3.90. The lowest BCUT2D eigenvalue weighted by Crippen LogP contribution is -2.42. The van der Waals surface area contributed by atoms with Crippen LogP contribution in [0, 0.1) is 17.2 Å². The van der Waals surface area contributed by atoms with Gasteiger partial charge in [-0.3, -0.25) is 9.59 Å². The molecule has 1 N–H and O–H groups in total. The number of ether oxygens (including phenoxy) is 1. The predicted molar refractivity (Wildman–Crippen MR) is 92.3 cm³/mol. The van der Waals surface area contributed by atoms with E-state index < -0.39 is 29.1 Å². The molecule has 1 amide bonds. The van der Waals surface area contributed by atoms with Crippen LogP contribution in [0.3, 0.4) is 0 Å². The molecule has 1 heterocycles. The zero-order valence-corrected chi connectivity index (χ0v) is 15.3. The number of piperidine rings is 1. The quantitative estimate of drug-likeness (QED) is 0.725. The van der Waals surface area contributed by atoms with Gasteiger partial charge < -0.3 is 9.64 Å². The normalized spacial score (nSPS) is 17.4. The van der Waals surface area contributed by atoms with E-state index >= 15 is 0 Å². The molecule has 1 aliphatic heterocycles. The molecule has 1 atom stereocenters. The highest BCUT2D eigenvalue weighted by Crippen LogP contribution is 2.15. The molecule has 1 fully saturated rings. The van der Waals surface area contributed by atoms with Crippen molar-refractivity contribution < 1.29 is 22.7 Å². The SMILES string of the molecule is CC1CCCN(C(=O)COC(=O)CNS(=O)(=O)c2ccc(C#N)cc2)C1. The molecule has 1 unspecified atom stereocenters. The smallest absolute Gasteiger partial charge is 0.321 e. The Balaban J connectivity index is 1.80. The average molecular weight is 379 g/mol. The zero-order chi connectivity index (χ0) is 19.2. The first-order valence-corrected chi connectivity index (χ1v) is 9.73. The van der Waals surface area contributed by atoms with E-state index in [0.717, 1.165) is 12.8 Å². The lowest BCUT2D eigenvalue weighted by Gasteiger charge is -2.30. The summed E-state index contributed by atoms with van der Waals surface area (Å²) in [6.45, 7) is 2.37. The van der Waals surface area contributed by atoms with Gasteiger partial charge in [0.05, 0.1) is 16.5 Å². The molecule has 9 heteroatoms. The van der Waals surface area contributed by atoms with Gasteiger partial charge >= 0.3 is 5.97 Å². The largest absolute Gasteiger partial charge is 0.455 e. The third-order valence-corrected chi connectivity index (χ3v) is 5.48. The van der Waals surface area contributed by atoms with E-state index in [1.165, 1.54) is 24.3 Å². The van der Waals surface area contributed by atoms with Crippen molar-refractivity contribution in [1.29, 1.82) is 5.26 Å². The summed E-state index contributed by atoms with van der Waals surface area (Å²) < 4.78 is 31.1. The van der Waals surface area contributed by atoms with Crippen LogP contribution in [0.1, 0.15) is 25.3 Å². The van der Waals surface area contributed by atoms with Crippen molar-refractivity contribution in [3.63, 3.8) is 0 Å². The summed E-state index contributed by atoms with van der Waals surface area (Å²) in [6, 6.07) is 7.16. The van der Waals surface area contributed by atoms with Crippen molar-refractivity contribution in [1.82, 2.24) is 9.62 Å². The molecule has 0 bridgehead atoms. The van der Waals surface area contributed by atoms with Crippen molar-refractivity contribution in [3.05, 3.63) is 29.8 Å². The second kappa shape index (κ2) is 8.78. The standard InChI is InChI=1S/C17H21N3O5S/c1-13-3-2-8-20(11-13)16(21)12-25-17(22)10-19-26(23,24)15-6-4-14(9-18)5-7-15/h4-7,13,19H,2-3,8,10-12H2,1H3. The fourth-order valence-electron chi connectivity index (χ4n) is 2.65. The highest BCUT2D eigenvalue weighted by molar-refractivity contribution is 7.89. The fraction of sp³-hybridized carbons (Fsp3) is 0.471. The van der Waals surface area contributed by atoms with Crippen LogP contribution in [0.25, 0.3) is 0 Å². The molecule has 2 rings (SSSR count). The van der Waals surface area contributed by atoms with Gasteiger partial charge in [-0.1, -0.05) is 6.92 Å². The van der Waals surface area contributed by atoms with Crippen LogP contribution in [0.5, 0.6) is 0 Å². The highest BCUT2D eigenvalue weighted by atomic mass is 32.2. The number of likely N-dealkylation sites (tertiary alicyclic amines) is 1. The van der Waals surface area contributed by atoms with E-state index in [-0.39, 0.29) is 10.8 Å². The Morgan fingerprint density at radius 2 is 2.04 bits per heavy atom. The van der Waals surface area contributed by atoms with Gasteiger partial charge in [0.1, 0.15) is 6.54 Å². The number of amides is 1. The van der Waals surface area contributed by atoms with E-state index in [0.29, 0.717) is 24.6 Å². The van der Waals surface area contributed by atoms with Gasteiger partial charge in [0.25, 0.3) is 5.91 Å². The lowest BCUT2D eigenvalue weighted by molar-refractivity contribution is -0.151. The van der Waals surface area contributed by atoms with Gasteiger partial charge in [-0.2, -0.15) is 9.98 Å². The van der Waals surface area contributed by atoms with Crippen LogP contribution in [-0.2, 0) is 24.3 Å². The number of rotatable bonds is 6. The Bertz CT molecular complexity index is 799. The minimum absolute atomic E-state index is 0.0670. The van der Waals surface area contributed by atoms with Crippen molar-refractivity contribution >= 4 is 21.9 Å². The molecular formula is C17H21N3O5S. The van der Waals surface area contributed by atoms with Gasteiger partial charge in [0, 0.05) is 13.1 Å². The number of sulfonamides is 1. The first kappa shape index (κ1) is 19.9. The minimum Gasteiger partial charge on any atom is -0.455 e. The first-order valence-electron chi connectivity index (χ1n) is 8.25. The number of nitriles is 1. The van der Waals surface area contributed by atoms with Crippen LogP contribution >= 0.6 is 0 Å². The third-order valence-electron chi connectivity index (χ3n) is 4.07. The number of esters is 1. The molecule has 1 aromatic carbocycles. The van der Waals surface area contributed by atoms with Gasteiger partial charge in [-0.25, -0.2) is 8.42 Å². The topological polar surface area (TPSA) is 117 Å². The maximum absolute atomic E-state index is 12.1. The van der Waals surface area contributed by atoms with Crippen molar-refractivity contribution in [2.24, 2.45) is 5.92 Å². The summed E-state index contributed by atoms with van der Waals surface area (Å²) in [4.78, 5) is 25.3. The Labute approximate surface area is 152 Å². The molecule has 0 saturated carbocycles. The molecule has 8 nitrogen and oxygen atoms in total. The Hall–Kier alpha value is -2.44. The molecule has 1 saturated heterocycles. The number of nitrogens with zero attached hydrogens (tertiary/aromatic N) is 2. The van der Waals surface area contributed by atoms with Crippen LogP contribution in [0.15, 0.2) is 29.2 Å². The molecule has 140 valence electrons. The maximum atomic E-state index is 12.1. The number of carbonyl (C=O) groups excluding carboxylic acids is 2. The van der Waals surface area contributed by atoms with Crippen LogP contribution in [-0.4, -0.2) is 51.4 Å². The third kappa shape index (κ3) is 5.54. The highest BCUT2D eigenvalue weighted by Gasteiger charge is 2.22. The van der Waals surface area contributed by atoms with E-state index in [1.807, 2.05) is 6.07 Å². The van der Waals surface area contributed by atoms with Gasteiger partial charge in [-0.15, -0.1) is 0 Å². The van der Waals surface area contributed by atoms with E-state index in [2.05, 4.69) is 11.6 Å². The molecule has 0 aromatic heterocycles. The first-order chi connectivity index (χ1) is 12.3. The van der Waals surface area contributed by atoms with E-state index in [1.54, 1.807) is 4.90 Å². The lowest BCUT2D eigenvalue weighted by atomic mass is 10.0. The number of hydrogen-bond donors (Lipinski definition) is 1. The second-order valence-corrected chi connectivity index (χ2v) is 7.98. The van der Waals surface area contributed by atoms with Crippen molar-refractivity contribution in [3.8, 4) is 6.07 Å². The van der Waals surface area contributed by atoms with Gasteiger partial charge in [0.2, 0.25) is 10.0 Å². The van der Waals surface area contributed by atoms with Gasteiger partial charge in [-0.05, 0) is 43.0 Å². The summed E-state index contributed by atoms with van der Waals surface area (Å²) in [7, 11) is -3.90. The summed E-state index contributed by atoms with van der Waals surface area (Å²) in [5, 5.41) is 8.71. The van der Waals surface area contributed by atoms with Crippen LogP contribution < -0.4 is 4.72 Å². The molecule has 0 aliphatic carbocycles. The summed E-state index contributed by atoms with van der Waals surface area (Å²) in [5.41, 5.74) is 0.328. The van der Waals surface area contributed by atoms with E-state index in [9.17, 15) is 18.0 Å². The van der Waals surface area contributed by atoms with Gasteiger partial charge in [0.15, 0.2) is 6.61 Å². The van der Waals surface area contributed by atoms with Crippen LogP contribution in [0.2, 0.25) is 0 Å². The number of hydrogen-bond acceptors (Lipinski definition) is 6. The van der Waals surface area contributed by atoms with Crippen molar-refractivity contribution in [2.45, 2.75) is 24.7 Å². The average Bonchev–Trinajstić information content (AvgIpc) is 2.64. The molecule has 0 spiro atoms. The number of carbonyl (C=O) groups is 2. The predicted octanol–water partition coefficient (Wildman–Crippen LogP) is 0.638. The van der Waals surface area contributed by atoms with E-state index in [4.69, 9.17) is 10.00 Å². The Kier molecular flexibility index (Phi) is 6.71. The number of benzene rings is 1. The number of nitrogens with one attached hydrogen (secondary N) is 1. The summed E-state index contributed by atoms with van der Waals surface area (Å²) in [6.07, 6.45) is 1.99. The Morgan fingerprint density at radius 1 is 1.35 bits per heavy atom. The zero-order valence-electron chi connectivity index (χ0n) is 14.5. The van der Waals surface area contributed by atoms with Crippen LogP contribution in [0.4, 0.5) is 0 Å². The summed E-state index contributed by atoms with van der Waals surface area (Å²) >= 11 is 0. The molecule has 1 aromatic rings. The molecule has 1 aliphatic rings. The van der Waals surface area contributed by atoms with Crippen molar-refractivity contribution in [2.75, 3.05) is 26.2 Å². The molecular weight excluding hydrogens is 358 g/mol. The Morgan fingerprint density at radius 3 is 2.65 bits per heavy atom. The molecule has 26 heavy (non-hydrogen) atoms. The molecule has 0 radical (unpaired) electrons. The monoisotopic (exact) mass is 379 g/mol. The summed E-state index contributed by atoms with van der Waals surface area (Å²) in [5.74, 6) is -0.692. The second-order valence-electron chi connectivity index (χ2n) is 6.21.